The van der Waals surface area contributed by atoms with E-state index in [9.17, 15) is 14.0 Å². The maximum Gasteiger partial charge on any atom is 0.244 e. The SMILES string of the molecule is COc1ccc(OC)c(NC(=O)Cn2ccc(=O)c3cc(F)ccc32)c1. The number of benzene rings is 2. The number of rotatable bonds is 5. The van der Waals surface area contributed by atoms with Gasteiger partial charge in [-0.1, -0.05) is 0 Å². The maximum atomic E-state index is 13.4. The van der Waals surface area contributed by atoms with E-state index in [0.29, 0.717) is 22.7 Å². The second-order valence-electron chi connectivity index (χ2n) is 5.58. The van der Waals surface area contributed by atoms with Crippen LogP contribution in [0.2, 0.25) is 0 Å². The Bertz CT molecular complexity index is 1030. The van der Waals surface area contributed by atoms with Gasteiger partial charge in [-0.15, -0.1) is 0 Å². The van der Waals surface area contributed by atoms with E-state index in [1.54, 1.807) is 22.8 Å². The maximum absolute atomic E-state index is 13.4. The number of nitrogens with zero attached hydrogens (tertiary/aromatic N) is 1. The highest BCUT2D eigenvalue weighted by Gasteiger charge is 2.11. The van der Waals surface area contributed by atoms with Crippen molar-refractivity contribution in [2.75, 3.05) is 19.5 Å². The third kappa shape index (κ3) is 3.51. The highest BCUT2D eigenvalue weighted by atomic mass is 19.1. The lowest BCUT2D eigenvalue weighted by Crippen LogP contribution is -2.20. The molecule has 134 valence electrons. The van der Waals surface area contributed by atoms with Crippen molar-refractivity contribution in [1.29, 1.82) is 0 Å². The molecule has 0 saturated heterocycles. The van der Waals surface area contributed by atoms with Crippen LogP contribution in [-0.4, -0.2) is 24.7 Å². The van der Waals surface area contributed by atoms with Crippen LogP contribution in [0.1, 0.15) is 0 Å². The summed E-state index contributed by atoms with van der Waals surface area (Å²) in [6.07, 6.45) is 1.50. The van der Waals surface area contributed by atoms with Gasteiger partial charge in [0.2, 0.25) is 5.91 Å². The second kappa shape index (κ2) is 7.26. The number of ether oxygens (including phenoxy) is 2. The highest BCUT2D eigenvalue weighted by Crippen LogP contribution is 2.28. The molecular formula is C19H17FN2O4. The first-order valence-electron chi connectivity index (χ1n) is 7.82. The Morgan fingerprint density at radius 1 is 1.12 bits per heavy atom. The van der Waals surface area contributed by atoms with Crippen molar-refractivity contribution in [3.05, 3.63) is 64.7 Å². The van der Waals surface area contributed by atoms with Gasteiger partial charge >= 0.3 is 0 Å². The molecular weight excluding hydrogens is 339 g/mol. The molecule has 0 aliphatic heterocycles. The third-order valence-corrected chi connectivity index (χ3v) is 3.93. The van der Waals surface area contributed by atoms with Crippen LogP contribution in [0.5, 0.6) is 11.5 Å². The number of amides is 1. The van der Waals surface area contributed by atoms with E-state index in [0.717, 1.165) is 6.07 Å². The van der Waals surface area contributed by atoms with Crippen molar-refractivity contribution in [3.8, 4) is 11.5 Å². The molecule has 3 rings (SSSR count). The number of carbonyl (C=O) groups excluding carboxylic acids is 1. The summed E-state index contributed by atoms with van der Waals surface area (Å²) < 4.78 is 25.4. The van der Waals surface area contributed by atoms with Crippen molar-refractivity contribution in [1.82, 2.24) is 4.57 Å². The number of aromatic nitrogens is 1. The summed E-state index contributed by atoms with van der Waals surface area (Å²) in [5, 5.41) is 2.98. The monoisotopic (exact) mass is 356 g/mol. The van der Waals surface area contributed by atoms with Crippen LogP contribution in [0.25, 0.3) is 10.9 Å². The number of anilines is 1. The van der Waals surface area contributed by atoms with E-state index >= 15 is 0 Å². The molecule has 0 radical (unpaired) electrons. The molecule has 1 aromatic heterocycles. The van der Waals surface area contributed by atoms with Gasteiger partial charge in [0.25, 0.3) is 0 Å². The fourth-order valence-corrected chi connectivity index (χ4v) is 2.68. The predicted octanol–water partition coefficient (Wildman–Crippen LogP) is 2.80. The van der Waals surface area contributed by atoms with E-state index in [1.165, 1.54) is 38.6 Å². The van der Waals surface area contributed by atoms with Crippen molar-refractivity contribution in [2.45, 2.75) is 6.54 Å². The Hall–Kier alpha value is -3.35. The molecule has 0 aliphatic carbocycles. The summed E-state index contributed by atoms with van der Waals surface area (Å²) in [6, 6.07) is 10.3. The zero-order chi connectivity index (χ0) is 18.7. The van der Waals surface area contributed by atoms with Crippen LogP contribution < -0.4 is 20.2 Å². The number of methoxy groups -OCH3 is 2. The Kier molecular flexibility index (Phi) is 4.88. The Balaban J connectivity index is 1.89. The van der Waals surface area contributed by atoms with Crippen LogP contribution in [0, 0.1) is 5.82 Å². The van der Waals surface area contributed by atoms with E-state index in [2.05, 4.69) is 5.32 Å². The number of halogens is 1. The van der Waals surface area contributed by atoms with Gasteiger partial charge in [0.1, 0.15) is 23.9 Å². The number of hydrogen-bond donors (Lipinski definition) is 1. The molecule has 0 unspecified atom stereocenters. The lowest BCUT2D eigenvalue weighted by Gasteiger charge is -2.14. The Labute approximate surface area is 148 Å². The normalized spacial score (nSPS) is 10.6. The van der Waals surface area contributed by atoms with Gasteiger partial charge in [0.15, 0.2) is 5.43 Å². The molecule has 6 nitrogen and oxygen atoms in total. The van der Waals surface area contributed by atoms with E-state index in [-0.39, 0.29) is 23.3 Å². The third-order valence-electron chi connectivity index (χ3n) is 3.93. The minimum absolute atomic E-state index is 0.0528. The topological polar surface area (TPSA) is 69.6 Å². The average Bonchev–Trinajstić information content (AvgIpc) is 2.64. The second-order valence-corrected chi connectivity index (χ2v) is 5.58. The molecule has 0 bridgehead atoms. The van der Waals surface area contributed by atoms with Gasteiger partial charge in [-0.25, -0.2) is 4.39 Å². The summed E-state index contributed by atoms with van der Waals surface area (Å²) in [7, 11) is 3.03. The van der Waals surface area contributed by atoms with Gasteiger partial charge in [0, 0.05) is 23.7 Å². The molecule has 1 heterocycles. The number of nitrogens with one attached hydrogen (secondary N) is 1. The van der Waals surface area contributed by atoms with Gasteiger partial charge in [-0.3, -0.25) is 9.59 Å². The van der Waals surface area contributed by atoms with Crippen molar-refractivity contribution in [3.63, 3.8) is 0 Å². The summed E-state index contributed by atoms with van der Waals surface area (Å²) in [6.45, 7) is -0.0528. The summed E-state index contributed by atoms with van der Waals surface area (Å²) in [4.78, 5) is 24.4. The molecule has 1 N–H and O–H groups in total. The van der Waals surface area contributed by atoms with Crippen molar-refractivity contribution >= 4 is 22.5 Å². The minimum atomic E-state index is -0.502. The van der Waals surface area contributed by atoms with E-state index in [1.807, 2.05) is 0 Å². The Morgan fingerprint density at radius 3 is 2.65 bits per heavy atom. The van der Waals surface area contributed by atoms with E-state index < -0.39 is 5.82 Å². The van der Waals surface area contributed by atoms with Crippen LogP contribution >= 0.6 is 0 Å². The smallest absolute Gasteiger partial charge is 0.244 e. The first-order chi connectivity index (χ1) is 12.5. The summed E-state index contributed by atoms with van der Waals surface area (Å²) in [5.74, 6) is 0.236. The largest absolute Gasteiger partial charge is 0.497 e. The van der Waals surface area contributed by atoms with Gasteiger partial charge < -0.3 is 19.4 Å². The standard InChI is InChI=1S/C19H17FN2O4/c1-25-13-4-6-18(26-2)15(10-13)21-19(24)11-22-8-7-17(23)14-9-12(20)3-5-16(14)22/h3-10H,11H2,1-2H3,(H,21,24). The van der Waals surface area contributed by atoms with Crippen LogP contribution in [0.4, 0.5) is 10.1 Å². The molecule has 0 aliphatic rings. The number of hydrogen-bond acceptors (Lipinski definition) is 4. The average molecular weight is 356 g/mol. The number of pyridine rings is 1. The zero-order valence-corrected chi connectivity index (χ0v) is 14.3. The predicted molar refractivity (Wildman–Crippen MR) is 96.3 cm³/mol. The number of carbonyl (C=O) groups is 1. The summed E-state index contributed by atoms with van der Waals surface area (Å²) >= 11 is 0. The molecule has 0 saturated carbocycles. The molecule has 0 spiro atoms. The minimum Gasteiger partial charge on any atom is -0.497 e. The summed E-state index contributed by atoms with van der Waals surface area (Å²) in [5.41, 5.74) is 0.644. The number of fused-ring (bicyclic) bond motifs is 1. The molecule has 7 heteroatoms. The lowest BCUT2D eigenvalue weighted by atomic mass is 10.2. The Morgan fingerprint density at radius 2 is 1.92 bits per heavy atom. The van der Waals surface area contributed by atoms with Crippen LogP contribution in [0.15, 0.2) is 53.5 Å². The van der Waals surface area contributed by atoms with Crippen molar-refractivity contribution < 1.29 is 18.7 Å². The molecule has 3 aromatic rings. The molecule has 26 heavy (non-hydrogen) atoms. The zero-order valence-electron chi connectivity index (χ0n) is 14.3. The lowest BCUT2D eigenvalue weighted by molar-refractivity contribution is -0.116. The highest BCUT2D eigenvalue weighted by molar-refractivity contribution is 5.93. The first-order valence-corrected chi connectivity index (χ1v) is 7.82. The van der Waals surface area contributed by atoms with Crippen molar-refractivity contribution in [2.24, 2.45) is 0 Å². The first kappa shape index (κ1) is 17.5. The van der Waals surface area contributed by atoms with Gasteiger partial charge in [0.05, 0.1) is 25.4 Å². The quantitative estimate of drug-likeness (QED) is 0.763. The molecule has 2 aromatic carbocycles. The van der Waals surface area contributed by atoms with Crippen LogP contribution in [0.3, 0.4) is 0 Å². The van der Waals surface area contributed by atoms with E-state index in [4.69, 9.17) is 9.47 Å². The fraction of sp³-hybridized carbons (Fsp3) is 0.158. The molecule has 1 amide bonds. The molecule has 0 fully saturated rings. The van der Waals surface area contributed by atoms with Gasteiger partial charge in [-0.2, -0.15) is 0 Å². The van der Waals surface area contributed by atoms with Crippen LogP contribution in [-0.2, 0) is 11.3 Å². The molecule has 0 atom stereocenters. The fourth-order valence-electron chi connectivity index (χ4n) is 2.68. The van der Waals surface area contributed by atoms with Gasteiger partial charge in [-0.05, 0) is 30.3 Å².